The molecule has 0 aliphatic carbocycles. The van der Waals surface area contributed by atoms with Gasteiger partial charge in [0.15, 0.2) is 0 Å². The second-order valence-corrected chi connectivity index (χ2v) is 8.94. The minimum Gasteiger partial charge on any atom is -0.450 e. The van der Waals surface area contributed by atoms with Crippen LogP contribution in [0.25, 0.3) is 0 Å². The molecule has 6 heteroatoms. The lowest BCUT2D eigenvalue weighted by Crippen LogP contribution is -2.43. The predicted molar refractivity (Wildman–Crippen MR) is 113 cm³/mol. The Morgan fingerprint density at radius 2 is 1.80 bits per heavy atom. The summed E-state index contributed by atoms with van der Waals surface area (Å²) in [5.74, 6) is -0.474. The van der Waals surface area contributed by atoms with Crippen LogP contribution in [0, 0.1) is 11.6 Å². The highest BCUT2D eigenvalue weighted by Gasteiger charge is 2.26. The summed E-state index contributed by atoms with van der Waals surface area (Å²) in [4.78, 5) is 14.2. The lowest BCUT2D eigenvalue weighted by molar-refractivity contribution is 0.118. The van der Waals surface area contributed by atoms with Gasteiger partial charge in [-0.3, -0.25) is 4.90 Å². The lowest BCUT2D eigenvalue weighted by atomic mass is 9.90. The van der Waals surface area contributed by atoms with E-state index in [0.717, 1.165) is 42.6 Å². The van der Waals surface area contributed by atoms with Crippen LogP contribution in [0.4, 0.5) is 13.6 Å². The van der Waals surface area contributed by atoms with Gasteiger partial charge >= 0.3 is 6.09 Å². The van der Waals surface area contributed by atoms with E-state index in [2.05, 4.69) is 10.2 Å². The van der Waals surface area contributed by atoms with Gasteiger partial charge in [-0.2, -0.15) is 0 Å². The maximum atomic E-state index is 13.7. The SMILES string of the molecule is CC(C)(C)NC(=O)OCCCN1Cc2ccc(F)cc2CC1Cc1ccc(F)cc1. The molecule has 1 atom stereocenters. The average molecular weight is 417 g/mol. The summed E-state index contributed by atoms with van der Waals surface area (Å²) in [6.07, 6.45) is 1.77. The third-order valence-corrected chi connectivity index (χ3v) is 5.20. The molecule has 1 unspecified atom stereocenters. The summed E-state index contributed by atoms with van der Waals surface area (Å²) in [5, 5.41) is 2.78. The van der Waals surface area contributed by atoms with Crippen LogP contribution in [-0.2, 0) is 24.1 Å². The second kappa shape index (κ2) is 9.56. The molecule has 2 aromatic rings. The summed E-state index contributed by atoms with van der Waals surface area (Å²) in [7, 11) is 0. The number of fused-ring (bicyclic) bond motifs is 1. The van der Waals surface area contributed by atoms with Crippen LogP contribution >= 0.6 is 0 Å². The smallest absolute Gasteiger partial charge is 0.407 e. The van der Waals surface area contributed by atoms with E-state index in [1.807, 2.05) is 26.8 Å². The number of rotatable bonds is 6. The molecule has 4 nitrogen and oxygen atoms in total. The van der Waals surface area contributed by atoms with Crippen molar-refractivity contribution in [3.05, 3.63) is 70.8 Å². The van der Waals surface area contributed by atoms with Gasteiger partial charge in [0.2, 0.25) is 0 Å². The monoisotopic (exact) mass is 416 g/mol. The standard InChI is InChI=1S/C24H30F2N2O2/c1-24(2,3)27-23(29)30-12-4-11-28-16-18-7-10-21(26)14-19(18)15-22(28)13-17-5-8-20(25)9-6-17/h5-10,14,22H,4,11-13,15-16H2,1-3H3,(H,27,29). The van der Waals surface area contributed by atoms with E-state index in [-0.39, 0.29) is 23.2 Å². The summed E-state index contributed by atoms with van der Waals surface area (Å²) >= 11 is 0. The van der Waals surface area contributed by atoms with Gasteiger partial charge in [0.25, 0.3) is 0 Å². The van der Waals surface area contributed by atoms with Gasteiger partial charge in [0, 0.05) is 24.7 Å². The quantitative estimate of drug-likeness (QED) is 0.685. The molecule has 1 amide bonds. The number of nitrogens with zero attached hydrogens (tertiary/aromatic N) is 1. The van der Waals surface area contributed by atoms with Crippen molar-refractivity contribution in [2.24, 2.45) is 0 Å². The van der Waals surface area contributed by atoms with Crippen molar-refractivity contribution >= 4 is 6.09 Å². The van der Waals surface area contributed by atoms with Gasteiger partial charge in [-0.05, 0) is 81.0 Å². The van der Waals surface area contributed by atoms with E-state index < -0.39 is 6.09 Å². The van der Waals surface area contributed by atoms with Crippen molar-refractivity contribution in [1.82, 2.24) is 10.2 Å². The molecule has 0 fully saturated rings. The first-order valence-electron chi connectivity index (χ1n) is 10.4. The molecule has 0 radical (unpaired) electrons. The van der Waals surface area contributed by atoms with E-state index >= 15 is 0 Å². The molecule has 0 aromatic heterocycles. The van der Waals surface area contributed by atoms with Gasteiger partial charge in [0.1, 0.15) is 11.6 Å². The first-order valence-corrected chi connectivity index (χ1v) is 10.4. The second-order valence-electron chi connectivity index (χ2n) is 8.94. The third kappa shape index (κ3) is 6.52. The predicted octanol–water partition coefficient (Wildman–Crippen LogP) is 4.85. The summed E-state index contributed by atoms with van der Waals surface area (Å²) < 4.78 is 32.3. The largest absolute Gasteiger partial charge is 0.450 e. The molecule has 3 rings (SSSR count). The van der Waals surface area contributed by atoms with Crippen molar-refractivity contribution in [2.45, 2.75) is 58.2 Å². The Morgan fingerprint density at radius 1 is 1.10 bits per heavy atom. The molecule has 162 valence electrons. The van der Waals surface area contributed by atoms with Crippen LogP contribution in [0.15, 0.2) is 42.5 Å². The molecule has 30 heavy (non-hydrogen) atoms. The Labute approximate surface area is 177 Å². The Morgan fingerprint density at radius 3 is 2.50 bits per heavy atom. The lowest BCUT2D eigenvalue weighted by Gasteiger charge is -2.37. The van der Waals surface area contributed by atoms with Gasteiger partial charge in [-0.15, -0.1) is 0 Å². The van der Waals surface area contributed by atoms with E-state index in [0.29, 0.717) is 13.0 Å². The van der Waals surface area contributed by atoms with E-state index in [1.54, 1.807) is 18.2 Å². The van der Waals surface area contributed by atoms with Crippen molar-refractivity contribution in [3.8, 4) is 0 Å². The van der Waals surface area contributed by atoms with E-state index in [4.69, 9.17) is 4.74 Å². The fourth-order valence-corrected chi connectivity index (χ4v) is 3.80. The van der Waals surface area contributed by atoms with Crippen molar-refractivity contribution in [3.63, 3.8) is 0 Å². The third-order valence-electron chi connectivity index (χ3n) is 5.20. The number of carbonyl (C=O) groups is 1. The first-order chi connectivity index (χ1) is 14.2. The first kappa shape index (κ1) is 22.2. The van der Waals surface area contributed by atoms with E-state index in [1.165, 1.54) is 18.2 Å². The fourth-order valence-electron chi connectivity index (χ4n) is 3.80. The Balaban J connectivity index is 1.62. The topological polar surface area (TPSA) is 41.6 Å². The van der Waals surface area contributed by atoms with Gasteiger partial charge in [-0.25, -0.2) is 13.6 Å². The van der Waals surface area contributed by atoms with Crippen LogP contribution in [-0.4, -0.2) is 35.7 Å². The van der Waals surface area contributed by atoms with Gasteiger partial charge in [0.05, 0.1) is 6.61 Å². The highest BCUT2D eigenvalue weighted by molar-refractivity contribution is 5.68. The molecule has 1 heterocycles. The molecule has 0 bridgehead atoms. The maximum absolute atomic E-state index is 13.7. The number of hydrogen-bond acceptors (Lipinski definition) is 3. The fraction of sp³-hybridized carbons (Fsp3) is 0.458. The molecule has 0 spiro atoms. The van der Waals surface area contributed by atoms with Gasteiger partial charge in [-0.1, -0.05) is 18.2 Å². The van der Waals surface area contributed by atoms with Crippen LogP contribution in [0.2, 0.25) is 0 Å². The summed E-state index contributed by atoms with van der Waals surface area (Å²) in [6, 6.07) is 11.7. The molecule has 1 N–H and O–H groups in total. The van der Waals surface area contributed by atoms with Crippen LogP contribution in [0.5, 0.6) is 0 Å². The molecule has 1 aliphatic heterocycles. The highest BCUT2D eigenvalue weighted by Crippen LogP contribution is 2.26. The Bertz CT molecular complexity index is 862. The average Bonchev–Trinajstić information content (AvgIpc) is 2.66. The number of nitrogens with one attached hydrogen (secondary N) is 1. The zero-order valence-electron chi connectivity index (χ0n) is 17.9. The number of ether oxygens (including phenoxy) is 1. The number of alkyl carbamates (subject to hydrolysis) is 1. The van der Waals surface area contributed by atoms with Crippen LogP contribution < -0.4 is 5.32 Å². The summed E-state index contributed by atoms with van der Waals surface area (Å²) in [5.41, 5.74) is 2.87. The van der Waals surface area contributed by atoms with Crippen molar-refractivity contribution in [1.29, 1.82) is 0 Å². The highest BCUT2D eigenvalue weighted by atomic mass is 19.1. The molecule has 0 saturated heterocycles. The van der Waals surface area contributed by atoms with Crippen molar-refractivity contribution in [2.75, 3.05) is 13.2 Å². The van der Waals surface area contributed by atoms with Crippen molar-refractivity contribution < 1.29 is 18.3 Å². The minimum atomic E-state index is -0.412. The number of carbonyl (C=O) groups excluding carboxylic acids is 1. The summed E-state index contributed by atoms with van der Waals surface area (Å²) in [6.45, 7) is 7.52. The Hall–Kier alpha value is -2.47. The molecular formula is C24H30F2N2O2. The number of benzene rings is 2. The van der Waals surface area contributed by atoms with Crippen LogP contribution in [0.3, 0.4) is 0 Å². The molecule has 0 saturated carbocycles. The molecule has 1 aliphatic rings. The molecular weight excluding hydrogens is 386 g/mol. The minimum absolute atomic E-state index is 0.174. The maximum Gasteiger partial charge on any atom is 0.407 e. The normalized spacial score (nSPS) is 16.8. The molecule has 2 aromatic carbocycles. The zero-order chi connectivity index (χ0) is 21.7. The van der Waals surface area contributed by atoms with Gasteiger partial charge < -0.3 is 10.1 Å². The van der Waals surface area contributed by atoms with Crippen LogP contribution in [0.1, 0.15) is 43.9 Å². The number of halogens is 2. The Kier molecular flexibility index (Phi) is 7.08. The number of amides is 1. The number of hydrogen-bond donors (Lipinski definition) is 1. The van der Waals surface area contributed by atoms with E-state index in [9.17, 15) is 13.6 Å². The zero-order valence-corrected chi connectivity index (χ0v) is 17.9.